The van der Waals surface area contributed by atoms with Crippen molar-refractivity contribution in [2.24, 2.45) is 0 Å². The normalized spacial score (nSPS) is 11.4. The molecular formula is C47H30N6. The second kappa shape index (κ2) is 12.8. The smallest absolute Gasteiger partial charge is 0.164 e. The number of para-hydroxylation sites is 2. The molecule has 6 nitrogen and oxygen atoms in total. The standard InChI is InChI=1S/C47H30N6/c1-5-15-32(16-6-1)44-50-45(33-17-7-2-8-18-33)52-46(51-44)34-27-25-31(26-28-34)42-41-38(37-23-13-14-24-39(37)48-42)29-30-40-43(41)49-47(35-19-9-3-10-20-35)53(40)36-21-11-4-12-22-36/h1-30H. The number of hydrogen-bond acceptors (Lipinski definition) is 5. The number of rotatable bonds is 6. The van der Waals surface area contributed by atoms with Gasteiger partial charge in [-0.05, 0) is 29.7 Å². The molecule has 7 aromatic carbocycles. The highest BCUT2D eigenvalue weighted by atomic mass is 15.1. The summed E-state index contributed by atoms with van der Waals surface area (Å²) in [5.74, 6) is 2.75. The van der Waals surface area contributed by atoms with Gasteiger partial charge in [0.2, 0.25) is 0 Å². The number of benzene rings is 7. The Hall–Kier alpha value is -7.31. The molecule has 3 aromatic heterocycles. The molecule has 53 heavy (non-hydrogen) atoms. The third-order valence-corrected chi connectivity index (χ3v) is 9.65. The Balaban J connectivity index is 1.18. The molecule has 3 heterocycles. The first-order chi connectivity index (χ1) is 26.3. The Labute approximate surface area is 305 Å². The Morgan fingerprint density at radius 3 is 1.43 bits per heavy atom. The van der Waals surface area contributed by atoms with Gasteiger partial charge < -0.3 is 0 Å². The zero-order valence-electron chi connectivity index (χ0n) is 28.5. The lowest BCUT2D eigenvalue weighted by Gasteiger charge is -2.13. The molecule has 0 atom stereocenters. The van der Waals surface area contributed by atoms with Gasteiger partial charge in [-0.1, -0.05) is 158 Å². The van der Waals surface area contributed by atoms with E-state index in [0.29, 0.717) is 17.5 Å². The third kappa shape index (κ3) is 5.41. The minimum atomic E-state index is 0.608. The minimum Gasteiger partial charge on any atom is -0.292 e. The summed E-state index contributed by atoms with van der Waals surface area (Å²) in [6.07, 6.45) is 0. The van der Waals surface area contributed by atoms with E-state index in [-0.39, 0.29) is 0 Å². The minimum absolute atomic E-state index is 0.608. The number of fused-ring (bicyclic) bond motifs is 5. The molecule has 248 valence electrons. The predicted molar refractivity (Wildman–Crippen MR) is 214 cm³/mol. The van der Waals surface area contributed by atoms with Gasteiger partial charge >= 0.3 is 0 Å². The van der Waals surface area contributed by atoms with Gasteiger partial charge in [0.1, 0.15) is 5.82 Å². The van der Waals surface area contributed by atoms with E-state index >= 15 is 0 Å². The van der Waals surface area contributed by atoms with Gasteiger partial charge in [-0.2, -0.15) is 0 Å². The van der Waals surface area contributed by atoms with Crippen molar-refractivity contribution in [2.45, 2.75) is 0 Å². The molecule has 0 radical (unpaired) electrons. The molecule has 0 aliphatic rings. The van der Waals surface area contributed by atoms with Crippen molar-refractivity contribution in [2.75, 3.05) is 0 Å². The van der Waals surface area contributed by atoms with Crippen molar-refractivity contribution in [3.8, 4) is 62.5 Å². The van der Waals surface area contributed by atoms with E-state index in [9.17, 15) is 0 Å². The average Bonchev–Trinajstić information content (AvgIpc) is 3.65. The quantitative estimate of drug-likeness (QED) is 0.164. The molecule has 0 saturated heterocycles. The van der Waals surface area contributed by atoms with E-state index in [0.717, 1.165) is 77.7 Å². The van der Waals surface area contributed by atoms with Crippen LogP contribution in [-0.4, -0.2) is 29.5 Å². The van der Waals surface area contributed by atoms with Gasteiger partial charge in [-0.25, -0.2) is 24.9 Å². The van der Waals surface area contributed by atoms with Gasteiger partial charge in [-0.15, -0.1) is 0 Å². The molecule has 0 aliphatic carbocycles. The first-order valence-corrected chi connectivity index (χ1v) is 17.6. The molecule has 10 aromatic rings. The second-order valence-corrected chi connectivity index (χ2v) is 12.9. The van der Waals surface area contributed by atoms with Crippen LogP contribution >= 0.6 is 0 Å². The highest BCUT2D eigenvalue weighted by Gasteiger charge is 2.21. The zero-order valence-corrected chi connectivity index (χ0v) is 28.5. The van der Waals surface area contributed by atoms with E-state index in [2.05, 4.69) is 108 Å². The van der Waals surface area contributed by atoms with Crippen molar-refractivity contribution < 1.29 is 0 Å². The molecule has 0 saturated carbocycles. The molecule has 0 aliphatic heterocycles. The average molecular weight is 679 g/mol. The Morgan fingerprint density at radius 1 is 0.340 bits per heavy atom. The highest BCUT2D eigenvalue weighted by molar-refractivity contribution is 6.20. The summed E-state index contributed by atoms with van der Waals surface area (Å²) in [6.45, 7) is 0. The van der Waals surface area contributed by atoms with Gasteiger partial charge in [0.05, 0.1) is 22.2 Å². The largest absolute Gasteiger partial charge is 0.292 e. The van der Waals surface area contributed by atoms with Crippen LogP contribution in [0.25, 0.3) is 95.2 Å². The van der Waals surface area contributed by atoms with E-state index in [1.54, 1.807) is 0 Å². The lowest BCUT2D eigenvalue weighted by atomic mass is 9.98. The van der Waals surface area contributed by atoms with Gasteiger partial charge in [0.15, 0.2) is 17.5 Å². The van der Waals surface area contributed by atoms with Crippen LogP contribution in [0.15, 0.2) is 182 Å². The molecule has 0 unspecified atom stereocenters. The lowest BCUT2D eigenvalue weighted by molar-refractivity contribution is 1.07. The van der Waals surface area contributed by atoms with E-state index in [1.165, 1.54) is 0 Å². The molecular weight excluding hydrogens is 649 g/mol. The summed E-state index contributed by atoms with van der Waals surface area (Å²) in [5.41, 5.74) is 9.56. The molecule has 0 N–H and O–H groups in total. The summed E-state index contributed by atoms with van der Waals surface area (Å²) < 4.78 is 2.25. The number of imidazole rings is 1. The molecule has 0 amide bonds. The van der Waals surface area contributed by atoms with Gasteiger partial charge in [0, 0.05) is 44.3 Å². The summed E-state index contributed by atoms with van der Waals surface area (Å²) in [6, 6.07) is 62.0. The third-order valence-electron chi connectivity index (χ3n) is 9.65. The van der Waals surface area contributed by atoms with Crippen LogP contribution in [0.1, 0.15) is 0 Å². The summed E-state index contributed by atoms with van der Waals surface area (Å²) >= 11 is 0. The maximum absolute atomic E-state index is 5.42. The Kier molecular flexibility index (Phi) is 7.36. The van der Waals surface area contributed by atoms with Crippen molar-refractivity contribution in [1.29, 1.82) is 0 Å². The van der Waals surface area contributed by atoms with Crippen LogP contribution < -0.4 is 0 Å². The van der Waals surface area contributed by atoms with Crippen LogP contribution in [0, 0.1) is 0 Å². The number of aromatic nitrogens is 6. The van der Waals surface area contributed by atoms with Crippen LogP contribution in [-0.2, 0) is 0 Å². The van der Waals surface area contributed by atoms with Crippen molar-refractivity contribution in [3.63, 3.8) is 0 Å². The van der Waals surface area contributed by atoms with E-state index in [4.69, 9.17) is 24.9 Å². The van der Waals surface area contributed by atoms with Crippen molar-refractivity contribution in [3.05, 3.63) is 182 Å². The topological polar surface area (TPSA) is 69.4 Å². The first-order valence-electron chi connectivity index (χ1n) is 17.6. The fraction of sp³-hybridized carbons (Fsp3) is 0. The van der Waals surface area contributed by atoms with Crippen LogP contribution in [0.3, 0.4) is 0 Å². The maximum Gasteiger partial charge on any atom is 0.164 e. The Bertz CT molecular complexity index is 2850. The first kappa shape index (κ1) is 30.5. The molecule has 6 heteroatoms. The maximum atomic E-state index is 5.42. The summed E-state index contributed by atoms with van der Waals surface area (Å²) in [5, 5.41) is 3.21. The van der Waals surface area contributed by atoms with Crippen LogP contribution in [0.4, 0.5) is 0 Å². The molecule has 10 rings (SSSR count). The summed E-state index contributed by atoms with van der Waals surface area (Å²) in [7, 11) is 0. The van der Waals surface area contributed by atoms with E-state index in [1.807, 2.05) is 78.9 Å². The number of pyridine rings is 1. The Morgan fingerprint density at radius 2 is 0.830 bits per heavy atom. The second-order valence-electron chi connectivity index (χ2n) is 12.9. The fourth-order valence-electron chi connectivity index (χ4n) is 7.13. The SMILES string of the molecule is c1ccc(-c2nc(-c3ccccc3)nc(-c3ccc(-c4nc5ccccc5c5ccc6c(nc(-c7ccccc7)n6-c6ccccc6)c45)cc3)n2)cc1. The van der Waals surface area contributed by atoms with Crippen molar-refractivity contribution >= 4 is 32.7 Å². The van der Waals surface area contributed by atoms with Crippen LogP contribution in [0.5, 0.6) is 0 Å². The zero-order chi connectivity index (χ0) is 35.1. The summed E-state index contributed by atoms with van der Waals surface area (Å²) in [4.78, 5) is 25.5. The predicted octanol–water partition coefficient (Wildman–Crippen LogP) is 11.2. The fourth-order valence-corrected chi connectivity index (χ4v) is 7.13. The van der Waals surface area contributed by atoms with Gasteiger partial charge in [-0.3, -0.25) is 4.57 Å². The molecule has 0 fully saturated rings. The van der Waals surface area contributed by atoms with Gasteiger partial charge in [0.25, 0.3) is 0 Å². The number of hydrogen-bond donors (Lipinski definition) is 0. The van der Waals surface area contributed by atoms with Crippen molar-refractivity contribution in [1.82, 2.24) is 29.5 Å². The molecule has 0 spiro atoms. The highest BCUT2D eigenvalue weighted by Crippen LogP contribution is 2.40. The van der Waals surface area contributed by atoms with E-state index < -0.39 is 0 Å². The number of nitrogens with zero attached hydrogens (tertiary/aromatic N) is 6. The monoisotopic (exact) mass is 678 g/mol. The lowest BCUT2D eigenvalue weighted by Crippen LogP contribution is -2.00. The molecule has 0 bridgehead atoms. The van der Waals surface area contributed by atoms with Crippen LogP contribution in [0.2, 0.25) is 0 Å².